The summed E-state index contributed by atoms with van der Waals surface area (Å²) in [6.45, 7) is 28.3. The van der Waals surface area contributed by atoms with Crippen molar-refractivity contribution in [1.82, 2.24) is 40.4 Å². The van der Waals surface area contributed by atoms with Gasteiger partial charge in [0.1, 0.15) is 0 Å². The largest absolute Gasteiger partial charge is 0.355 e. The maximum absolute atomic E-state index is 13.8. The third kappa shape index (κ3) is 35.8. The quantitative estimate of drug-likeness (QED) is 0.0744. The van der Waals surface area contributed by atoms with Crippen molar-refractivity contribution in [2.75, 3.05) is 52.4 Å². The summed E-state index contributed by atoms with van der Waals surface area (Å²) >= 11 is 0. The van der Waals surface area contributed by atoms with Crippen LogP contribution in [0.1, 0.15) is 152 Å². The number of hydrogen-bond acceptors (Lipinski definition) is 6. The van der Waals surface area contributed by atoms with Crippen LogP contribution in [-0.2, 0) is 22.4 Å². The van der Waals surface area contributed by atoms with Crippen LogP contribution < -0.4 is 10.6 Å². The molecule has 30 heteroatoms. The number of allylic oxidation sites excluding steroid dienone is 4. The Morgan fingerprint density at radius 1 is 0.425 bits per heavy atom. The molecule has 0 radical (unpaired) electrons. The van der Waals surface area contributed by atoms with E-state index in [4.69, 9.17) is 9.97 Å². The minimum atomic E-state index is 0. The van der Waals surface area contributed by atoms with Gasteiger partial charge < -0.3 is 30.4 Å². The molecule has 0 saturated carbocycles. The molecule has 0 aromatic carbocycles. The van der Waals surface area contributed by atoms with Crippen LogP contribution >= 0.6 is 340 Å². The number of nitrogens with zero attached hydrogens (tertiary/aromatic N) is 4. The molecule has 80 heavy (non-hydrogen) atoms. The molecule has 3 aromatic rings. The van der Waals surface area contributed by atoms with E-state index in [0.717, 1.165) is 145 Å². The van der Waals surface area contributed by atoms with Crippen LogP contribution in [0, 0.1) is 13.8 Å². The Kier molecular flexibility index (Phi) is 105. The molecule has 3 aromatic heterocycles. The number of nitrogens with one attached hydrogen (secondary N) is 4. The van der Waals surface area contributed by atoms with Crippen molar-refractivity contribution >= 4 is 396 Å². The number of rotatable bonds is 22. The maximum Gasteiger partial charge on any atom is 0.222 e. The van der Waals surface area contributed by atoms with Gasteiger partial charge in [-0.3, -0.25) is 9.59 Å². The Labute approximate surface area is 690 Å². The second-order valence-electron chi connectivity index (χ2n) is 16.4. The van der Waals surface area contributed by atoms with Gasteiger partial charge in [0.05, 0.1) is 22.8 Å². The van der Waals surface area contributed by atoms with E-state index in [9.17, 15) is 9.59 Å². The monoisotopic (exact) mass is 2420 g/mol. The molecule has 5 heterocycles. The molecule has 0 unspecified atom stereocenters. The first-order chi connectivity index (χ1) is 29.0. The first-order valence-electron chi connectivity index (χ1n) is 23.1. The van der Waals surface area contributed by atoms with Crippen molar-refractivity contribution in [3.05, 3.63) is 69.3 Å². The number of carbonyl (C=O) groups is 2. The molecule has 2 aliphatic rings. The second kappa shape index (κ2) is 67.0. The molecule has 5 rings (SSSR count). The van der Waals surface area contributed by atoms with Crippen LogP contribution in [0.4, 0.5) is 0 Å². The molecule has 0 saturated heterocycles. The van der Waals surface area contributed by atoms with Gasteiger partial charge in [-0.15, -0.1) is 340 Å². The van der Waals surface area contributed by atoms with E-state index in [2.05, 4.69) is 114 Å². The Hall–Kier alpha value is 5.06. The zero-order chi connectivity index (χ0) is 43.3. The first kappa shape index (κ1) is 126. The molecule has 0 spiro atoms. The summed E-state index contributed by atoms with van der Waals surface area (Å²) in [4.78, 5) is 49.7. The third-order valence-electron chi connectivity index (χ3n) is 12.7. The summed E-state index contributed by atoms with van der Waals surface area (Å²) in [6.07, 6.45) is 7.90. The Morgan fingerprint density at radius 2 is 0.762 bits per heavy atom. The first-order valence-corrected chi connectivity index (χ1v) is 23.1. The number of hydrogen-bond donors (Lipinski definition) is 4. The third-order valence-corrected chi connectivity index (χ3v) is 12.7. The molecular formula is C50H94Br20N8O2. The molecule has 486 valence electrons. The van der Waals surface area contributed by atoms with Gasteiger partial charge in [-0.2, -0.15) is 0 Å². The smallest absolute Gasteiger partial charge is 0.222 e. The summed E-state index contributed by atoms with van der Waals surface area (Å²) in [7, 11) is 0. The van der Waals surface area contributed by atoms with Gasteiger partial charge in [-0.05, 0) is 188 Å². The normalized spacial score (nSPS) is 9.62. The van der Waals surface area contributed by atoms with Gasteiger partial charge >= 0.3 is 0 Å². The van der Waals surface area contributed by atoms with E-state index in [1.54, 1.807) is 0 Å². The molecule has 10 nitrogen and oxygen atoms in total. The number of H-pyrrole nitrogens is 2. The number of halogens is 20. The molecule has 0 atom stereocenters. The second-order valence-corrected chi connectivity index (χ2v) is 16.4. The lowest BCUT2D eigenvalue weighted by atomic mass is 9.99. The summed E-state index contributed by atoms with van der Waals surface area (Å²) < 4.78 is 0. The van der Waals surface area contributed by atoms with Gasteiger partial charge in [0.2, 0.25) is 11.8 Å². The van der Waals surface area contributed by atoms with E-state index in [1.165, 1.54) is 22.3 Å². The fourth-order valence-electron chi connectivity index (χ4n) is 8.91. The molecule has 0 aliphatic carbocycles. The standard InChI is InChI=1S/C50H74N8O2.20BrH/c1-11-37-33(7)41-29-42-35(9)39(21-23-49(59)57(15-5)27-19-17-25-51-13-3)47(55-42)32-48-40(22-24-50(60)58(16-6)28-20-18-26-52-14-4)36(10)44(56-48)31-46-38(12-2)34(8)43(54-46)30-45(37)53-41;;;;;;;;;;;;;;;;;;;;/h29-32,51-52,54-55H,11-28H2,1-10H3;20*1H. The average Bonchev–Trinajstić information content (AvgIpc) is 3.90. The summed E-state index contributed by atoms with van der Waals surface area (Å²) in [5.41, 5.74) is 17.2. The highest BCUT2D eigenvalue weighted by molar-refractivity contribution is 8.95. The van der Waals surface area contributed by atoms with Crippen LogP contribution in [0.15, 0.2) is 24.3 Å². The van der Waals surface area contributed by atoms with Crippen molar-refractivity contribution in [3.63, 3.8) is 0 Å². The fraction of sp³-hybridized carbons (Fsp3) is 0.560. The summed E-state index contributed by atoms with van der Waals surface area (Å²) in [5.74, 6) is 0.368. The van der Waals surface area contributed by atoms with Crippen molar-refractivity contribution < 1.29 is 9.59 Å². The van der Waals surface area contributed by atoms with Crippen LogP contribution in [0.2, 0.25) is 0 Å². The number of aryl methyl sites for hydroxylation is 4. The van der Waals surface area contributed by atoms with Crippen LogP contribution in [0.3, 0.4) is 0 Å². The van der Waals surface area contributed by atoms with E-state index >= 15 is 0 Å². The van der Waals surface area contributed by atoms with E-state index in [-0.39, 0.29) is 351 Å². The minimum Gasteiger partial charge on any atom is -0.355 e. The zero-order valence-electron chi connectivity index (χ0n) is 46.8. The lowest BCUT2D eigenvalue weighted by Crippen LogP contribution is -2.32. The molecule has 4 N–H and O–H groups in total. The lowest BCUT2D eigenvalue weighted by molar-refractivity contribution is -0.131. The Bertz CT molecular complexity index is 2270. The van der Waals surface area contributed by atoms with Crippen molar-refractivity contribution in [2.24, 2.45) is 0 Å². The molecular weight excluding hydrogens is 2340 g/mol. The summed E-state index contributed by atoms with van der Waals surface area (Å²) in [5, 5.41) is 6.79. The molecule has 2 amide bonds. The number of amides is 2. The van der Waals surface area contributed by atoms with E-state index in [0.29, 0.717) is 38.8 Å². The molecule has 2 aliphatic heterocycles. The van der Waals surface area contributed by atoms with Crippen LogP contribution in [0.25, 0.3) is 44.4 Å². The van der Waals surface area contributed by atoms with Crippen molar-refractivity contribution in [1.29, 1.82) is 0 Å². The molecule has 0 fully saturated rings. The van der Waals surface area contributed by atoms with Crippen molar-refractivity contribution in [3.8, 4) is 0 Å². The Morgan fingerprint density at radius 3 is 1.15 bits per heavy atom. The lowest BCUT2D eigenvalue weighted by Gasteiger charge is -2.21. The highest BCUT2D eigenvalue weighted by Crippen LogP contribution is 2.37. The highest BCUT2D eigenvalue weighted by Gasteiger charge is 2.23. The maximum atomic E-state index is 13.8. The number of aromatic nitrogens is 4. The number of aromatic amines is 2. The van der Waals surface area contributed by atoms with Gasteiger partial charge in [0.15, 0.2) is 0 Å². The zero-order valence-corrected chi connectivity index (χ0v) is 81.1. The van der Waals surface area contributed by atoms with Gasteiger partial charge in [-0.1, -0.05) is 27.7 Å². The number of unbranched alkanes of at least 4 members (excludes halogenated alkanes) is 2. The predicted octanol–water partition coefficient (Wildman–Crippen LogP) is 21.5. The average molecular weight is 2440 g/mol. The topological polar surface area (TPSA) is 122 Å². The number of carbonyl (C=O) groups excluding carboxylic acids is 2. The fourth-order valence-corrected chi connectivity index (χ4v) is 8.91. The predicted molar refractivity (Wildman–Crippen MR) is 459 cm³/mol. The minimum absolute atomic E-state index is 0. The van der Waals surface area contributed by atoms with Crippen molar-refractivity contribution in [2.45, 2.75) is 133 Å². The highest BCUT2D eigenvalue weighted by atomic mass is 79.9. The van der Waals surface area contributed by atoms with Crippen LogP contribution in [0.5, 0.6) is 0 Å². The van der Waals surface area contributed by atoms with Crippen LogP contribution in [-0.4, -0.2) is 93.9 Å². The molecule has 8 bridgehead atoms. The summed E-state index contributed by atoms with van der Waals surface area (Å²) in [6, 6.07) is 8.77. The van der Waals surface area contributed by atoms with E-state index in [1.807, 2.05) is 9.80 Å². The van der Waals surface area contributed by atoms with Gasteiger partial charge in [-0.25, -0.2) is 9.97 Å². The van der Waals surface area contributed by atoms with Gasteiger partial charge in [0, 0.05) is 61.1 Å². The number of fused-ring (bicyclic) bond motifs is 8. The van der Waals surface area contributed by atoms with Gasteiger partial charge in [0.25, 0.3) is 0 Å². The van der Waals surface area contributed by atoms with E-state index < -0.39 is 0 Å². The Balaban J connectivity index is -0.000000146. The SMILES string of the molecule is Br.Br.Br.Br.Br.Br.Br.Br.Br.Br.Br.Br.Br.Br.Br.Br.Br.Br.Br.Br.CCNCCCCN(CC)C(=O)CCC1=C(C)c2cc3[nH]c(cc4nc(cc5[nH]c(cc1n2)c(CCC(=O)N(CC)CCCCNCC)c5C)C(C)=C4CC)c(C)c3CC.